The Morgan fingerprint density at radius 1 is 1.09 bits per heavy atom. The van der Waals surface area contributed by atoms with E-state index in [2.05, 4.69) is 9.97 Å². The Morgan fingerprint density at radius 2 is 1.82 bits per heavy atom. The summed E-state index contributed by atoms with van der Waals surface area (Å²) < 4.78 is 30.2. The second kappa shape index (κ2) is 6.41. The molecule has 1 aliphatic heterocycles. The van der Waals surface area contributed by atoms with Gasteiger partial charge in [-0.15, -0.1) is 0 Å². The lowest BCUT2D eigenvalue weighted by Crippen LogP contribution is -2.37. The molecular weight excluding hydrogens is 302 g/mol. The Hall–Kier alpha value is -1.99. The molecule has 22 heavy (non-hydrogen) atoms. The van der Waals surface area contributed by atoms with Gasteiger partial charge < -0.3 is 9.64 Å². The largest absolute Gasteiger partial charge is 0.378 e. The average molecular weight is 319 g/mol. The van der Waals surface area contributed by atoms with Crippen LogP contribution in [-0.2, 0) is 20.3 Å². The molecule has 1 aromatic carbocycles. The summed E-state index contributed by atoms with van der Waals surface area (Å²) in [6.07, 6.45) is 1.50. The fourth-order valence-corrected chi connectivity index (χ4v) is 3.52. The van der Waals surface area contributed by atoms with E-state index in [9.17, 15) is 8.42 Å². The van der Waals surface area contributed by atoms with Gasteiger partial charge in [0.1, 0.15) is 5.82 Å². The van der Waals surface area contributed by atoms with Gasteiger partial charge >= 0.3 is 0 Å². The Balaban J connectivity index is 1.84. The van der Waals surface area contributed by atoms with Gasteiger partial charge in [0.15, 0.2) is 0 Å². The predicted octanol–water partition coefficient (Wildman–Crippen LogP) is 1.29. The van der Waals surface area contributed by atoms with E-state index < -0.39 is 9.84 Å². The van der Waals surface area contributed by atoms with Crippen molar-refractivity contribution in [1.29, 1.82) is 0 Å². The van der Waals surface area contributed by atoms with Crippen LogP contribution < -0.4 is 4.90 Å². The van der Waals surface area contributed by atoms with Crippen LogP contribution in [0, 0.1) is 0 Å². The van der Waals surface area contributed by atoms with E-state index >= 15 is 0 Å². The number of hydrogen-bond donors (Lipinski definition) is 0. The zero-order valence-electron chi connectivity index (χ0n) is 12.1. The van der Waals surface area contributed by atoms with Crippen molar-refractivity contribution in [2.45, 2.75) is 10.9 Å². The van der Waals surface area contributed by atoms with Crippen molar-refractivity contribution in [3.8, 4) is 0 Å². The Bertz CT molecular complexity index is 729. The van der Waals surface area contributed by atoms with Crippen LogP contribution in [0.15, 0.2) is 47.8 Å². The minimum atomic E-state index is -3.55. The molecule has 0 radical (unpaired) electrons. The summed E-state index contributed by atoms with van der Waals surface area (Å²) in [5.74, 6) is 0.533. The second-order valence-electron chi connectivity index (χ2n) is 5.04. The first kappa shape index (κ1) is 14.9. The fourth-order valence-electron chi connectivity index (χ4n) is 2.31. The molecule has 3 rings (SSSR count). The topological polar surface area (TPSA) is 72.4 Å². The first-order chi connectivity index (χ1) is 10.6. The first-order valence-corrected chi connectivity index (χ1v) is 8.73. The van der Waals surface area contributed by atoms with Crippen LogP contribution in [0.25, 0.3) is 0 Å². The van der Waals surface area contributed by atoms with E-state index in [0.29, 0.717) is 32.1 Å². The molecule has 2 heterocycles. The van der Waals surface area contributed by atoms with Gasteiger partial charge in [-0.1, -0.05) is 30.3 Å². The molecule has 1 saturated heterocycles. The maximum Gasteiger partial charge on any atom is 0.249 e. The van der Waals surface area contributed by atoms with Crippen LogP contribution in [-0.4, -0.2) is 44.7 Å². The summed E-state index contributed by atoms with van der Waals surface area (Å²) in [5.41, 5.74) is 0.725. The number of ether oxygens (including phenoxy) is 1. The molecular formula is C15H17N3O3S. The molecule has 116 valence electrons. The van der Waals surface area contributed by atoms with Crippen LogP contribution in [0.2, 0.25) is 0 Å². The highest BCUT2D eigenvalue weighted by molar-refractivity contribution is 7.90. The van der Waals surface area contributed by atoms with E-state index in [1.165, 1.54) is 6.20 Å². The molecule has 0 atom stereocenters. The lowest BCUT2D eigenvalue weighted by Gasteiger charge is -2.27. The smallest absolute Gasteiger partial charge is 0.249 e. The van der Waals surface area contributed by atoms with E-state index in [1.807, 2.05) is 23.1 Å². The van der Waals surface area contributed by atoms with Crippen molar-refractivity contribution >= 4 is 15.7 Å². The minimum Gasteiger partial charge on any atom is -0.378 e. The van der Waals surface area contributed by atoms with Crippen LogP contribution in [0.5, 0.6) is 0 Å². The van der Waals surface area contributed by atoms with Gasteiger partial charge in [-0.2, -0.15) is 0 Å². The van der Waals surface area contributed by atoms with Gasteiger partial charge in [0, 0.05) is 19.3 Å². The predicted molar refractivity (Wildman–Crippen MR) is 82.4 cm³/mol. The third-order valence-corrected chi connectivity index (χ3v) is 4.90. The number of benzene rings is 1. The van der Waals surface area contributed by atoms with Crippen molar-refractivity contribution in [1.82, 2.24) is 9.97 Å². The van der Waals surface area contributed by atoms with Gasteiger partial charge in [-0.3, -0.25) is 0 Å². The summed E-state index contributed by atoms with van der Waals surface area (Å²) in [7, 11) is -3.55. The van der Waals surface area contributed by atoms with Gasteiger partial charge in [0.25, 0.3) is 0 Å². The molecule has 0 saturated carbocycles. The average Bonchev–Trinajstić information content (AvgIpc) is 2.56. The summed E-state index contributed by atoms with van der Waals surface area (Å²) in [6.45, 7) is 2.65. The summed E-state index contributed by atoms with van der Waals surface area (Å²) in [5, 5.41) is -0.125. The number of hydrogen-bond acceptors (Lipinski definition) is 6. The third kappa shape index (κ3) is 3.42. The monoisotopic (exact) mass is 319 g/mol. The van der Waals surface area contributed by atoms with Crippen molar-refractivity contribution in [3.05, 3.63) is 48.2 Å². The molecule has 0 aliphatic carbocycles. The Labute approximate surface area is 129 Å². The van der Waals surface area contributed by atoms with E-state index in [-0.39, 0.29) is 10.9 Å². The van der Waals surface area contributed by atoms with Crippen LogP contribution in [0.4, 0.5) is 5.82 Å². The zero-order chi connectivity index (χ0) is 15.4. The van der Waals surface area contributed by atoms with Crippen LogP contribution >= 0.6 is 0 Å². The number of nitrogens with zero attached hydrogens (tertiary/aromatic N) is 3. The number of morpholine rings is 1. The quantitative estimate of drug-likeness (QED) is 0.791. The lowest BCUT2D eigenvalue weighted by atomic mass is 10.2. The lowest BCUT2D eigenvalue weighted by molar-refractivity contribution is 0.122. The van der Waals surface area contributed by atoms with Gasteiger partial charge in [-0.25, -0.2) is 18.4 Å². The Morgan fingerprint density at radius 3 is 2.55 bits per heavy atom. The summed E-state index contributed by atoms with van der Waals surface area (Å²) in [4.78, 5) is 10.2. The minimum absolute atomic E-state index is 0.0968. The summed E-state index contributed by atoms with van der Waals surface area (Å²) in [6, 6.07) is 10.8. The highest BCUT2D eigenvalue weighted by Gasteiger charge is 2.21. The highest BCUT2D eigenvalue weighted by Crippen LogP contribution is 2.17. The SMILES string of the molecule is O=S(=O)(Cc1ccccc1)c1nccc(N2CCOCC2)n1. The van der Waals surface area contributed by atoms with Crippen LogP contribution in [0.3, 0.4) is 0 Å². The second-order valence-corrected chi connectivity index (χ2v) is 6.92. The number of aromatic nitrogens is 2. The standard InChI is InChI=1S/C15H17N3O3S/c19-22(20,12-13-4-2-1-3-5-13)15-16-7-6-14(17-15)18-8-10-21-11-9-18/h1-7H,8-12H2. The zero-order valence-corrected chi connectivity index (χ0v) is 12.9. The molecule has 0 spiro atoms. The normalized spacial score (nSPS) is 15.7. The van der Waals surface area contributed by atoms with Gasteiger partial charge in [-0.05, 0) is 11.6 Å². The first-order valence-electron chi connectivity index (χ1n) is 7.07. The number of anilines is 1. The van der Waals surface area contributed by atoms with E-state index in [1.54, 1.807) is 18.2 Å². The molecule has 0 bridgehead atoms. The molecule has 1 aromatic heterocycles. The number of rotatable bonds is 4. The highest BCUT2D eigenvalue weighted by atomic mass is 32.2. The molecule has 0 N–H and O–H groups in total. The summed E-state index contributed by atoms with van der Waals surface area (Å²) >= 11 is 0. The molecule has 7 heteroatoms. The van der Waals surface area contributed by atoms with Crippen LogP contribution in [0.1, 0.15) is 5.56 Å². The van der Waals surface area contributed by atoms with Crippen molar-refractivity contribution < 1.29 is 13.2 Å². The maximum absolute atomic E-state index is 12.5. The molecule has 1 fully saturated rings. The van der Waals surface area contributed by atoms with Gasteiger partial charge in [0.2, 0.25) is 15.0 Å². The van der Waals surface area contributed by atoms with Crippen molar-refractivity contribution in [2.75, 3.05) is 31.2 Å². The fraction of sp³-hybridized carbons (Fsp3) is 0.333. The Kier molecular flexibility index (Phi) is 4.35. The van der Waals surface area contributed by atoms with Gasteiger partial charge in [0.05, 0.1) is 19.0 Å². The van der Waals surface area contributed by atoms with Crippen molar-refractivity contribution in [2.24, 2.45) is 0 Å². The molecule has 6 nitrogen and oxygen atoms in total. The molecule has 1 aliphatic rings. The van der Waals surface area contributed by atoms with E-state index in [4.69, 9.17) is 4.74 Å². The molecule has 0 amide bonds. The molecule has 0 unspecified atom stereocenters. The van der Waals surface area contributed by atoms with Crippen molar-refractivity contribution in [3.63, 3.8) is 0 Å². The maximum atomic E-state index is 12.5. The third-order valence-electron chi connectivity index (χ3n) is 3.43. The van der Waals surface area contributed by atoms with E-state index in [0.717, 1.165) is 5.56 Å². The molecule has 2 aromatic rings. The number of sulfone groups is 1.